The maximum atomic E-state index is 11.8. The molecule has 12 heteroatoms. The second kappa shape index (κ2) is 6.08. The highest BCUT2D eigenvalue weighted by atomic mass is 32.2. The van der Waals surface area contributed by atoms with Crippen molar-refractivity contribution in [2.45, 2.75) is 6.10 Å². The Hall–Kier alpha value is -1.89. The van der Waals surface area contributed by atoms with Crippen LogP contribution in [0.2, 0.25) is 0 Å². The van der Waals surface area contributed by atoms with Gasteiger partial charge in [-0.1, -0.05) is 18.2 Å². The molecule has 122 valence electrons. The predicted octanol–water partition coefficient (Wildman–Crippen LogP) is -0.649. The monoisotopic (exact) mass is 352 g/mol. The predicted molar refractivity (Wildman–Crippen MR) is 72.0 cm³/mol. The second-order valence-corrected chi connectivity index (χ2v) is 7.26. The average Bonchev–Trinajstić information content (AvgIpc) is 2.77. The van der Waals surface area contributed by atoms with Gasteiger partial charge >= 0.3 is 16.4 Å². The minimum absolute atomic E-state index is 0.0578. The van der Waals surface area contributed by atoms with Gasteiger partial charge in [0.1, 0.15) is 24.2 Å². The van der Waals surface area contributed by atoms with E-state index in [9.17, 15) is 21.6 Å². The van der Waals surface area contributed by atoms with E-state index in [0.29, 0.717) is 0 Å². The molecular formula is C10H12N2O8S2. The molecule has 1 unspecified atom stereocenters. The highest BCUT2D eigenvalue weighted by molar-refractivity contribution is 7.87. The lowest BCUT2D eigenvalue weighted by Gasteiger charge is -2.17. The van der Waals surface area contributed by atoms with E-state index in [1.54, 1.807) is 6.07 Å². The molecule has 1 aliphatic heterocycles. The summed E-state index contributed by atoms with van der Waals surface area (Å²) in [6.45, 7) is -0.401. The number of hydrazine groups is 1. The summed E-state index contributed by atoms with van der Waals surface area (Å²) in [5.41, 5.74) is 0. The van der Waals surface area contributed by atoms with Crippen molar-refractivity contribution in [3.05, 3.63) is 30.3 Å². The van der Waals surface area contributed by atoms with Crippen molar-refractivity contribution in [3.8, 4) is 5.75 Å². The Balaban J connectivity index is 2.00. The molecule has 2 N–H and O–H groups in total. The number of rotatable bonds is 4. The van der Waals surface area contributed by atoms with Crippen molar-refractivity contribution in [3.63, 3.8) is 0 Å². The Morgan fingerprint density at radius 3 is 2.50 bits per heavy atom. The number of ether oxygens (including phenoxy) is 1. The van der Waals surface area contributed by atoms with Crippen molar-refractivity contribution in [2.75, 3.05) is 12.4 Å². The first kappa shape index (κ1) is 16.5. The van der Waals surface area contributed by atoms with Gasteiger partial charge in [0.2, 0.25) is 0 Å². The zero-order valence-electron chi connectivity index (χ0n) is 11.0. The molecule has 0 bridgehead atoms. The fraction of sp³-hybridized carbons (Fsp3) is 0.300. The summed E-state index contributed by atoms with van der Waals surface area (Å²) in [7, 11) is -8.40. The van der Waals surface area contributed by atoms with E-state index >= 15 is 0 Å². The van der Waals surface area contributed by atoms with Crippen LogP contribution in [0.4, 0.5) is 4.79 Å². The van der Waals surface area contributed by atoms with Gasteiger partial charge < -0.3 is 8.92 Å². The van der Waals surface area contributed by atoms with Crippen molar-refractivity contribution in [2.24, 2.45) is 5.84 Å². The molecule has 1 atom stereocenters. The summed E-state index contributed by atoms with van der Waals surface area (Å²) in [5.74, 6) is 4.51. The summed E-state index contributed by atoms with van der Waals surface area (Å²) in [6, 6.07) is 7.35. The Bertz CT molecular complexity index is 746. The molecule has 1 heterocycles. The van der Waals surface area contributed by atoms with Crippen LogP contribution in [0.5, 0.6) is 5.75 Å². The highest BCUT2D eigenvalue weighted by Crippen LogP contribution is 2.15. The van der Waals surface area contributed by atoms with Gasteiger partial charge in [0.15, 0.2) is 0 Å². The minimum atomic E-state index is -4.64. The van der Waals surface area contributed by atoms with Crippen LogP contribution in [0.25, 0.3) is 0 Å². The van der Waals surface area contributed by atoms with Gasteiger partial charge in [0.25, 0.3) is 10.1 Å². The molecule has 1 aliphatic rings. The van der Waals surface area contributed by atoms with Gasteiger partial charge in [-0.25, -0.2) is 10.6 Å². The number of nitrogens with zero attached hydrogens (tertiary/aromatic N) is 1. The Kier molecular flexibility index (Phi) is 4.55. The molecule has 0 aliphatic carbocycles. The van der Waals surface area contributed by atoms with Gasteiger partial charge in [-0.15, -0.1) is 4.41 Å². The molecule has 22 heavy (non-hydrogen) atoms. The minimum Gasteiger partial charge on any atom is -0.441 e. The first-order valence-electron chi connectivity index (χ1n) is 5.82. The third kappa shape index (κ3) is 4.07. The molecule has 0 saturated carbocycles. The normalized spacial score (nSPS) is 20.3. The summed E-state index contributed by atoms with van der Waals surface area (Å²) >= 11 is 0. The standard InChI is InChI=1S/C10H12N2O8S2/c11-12(10(13)19-9-6-18-21(14,15)7-9)22(16,17)20-8-4-2-1-3-5-8/h1-5,9H,6-7,11H2. The highest BCUT2D eigenvalue weighted by Gasteiger charge is 2.36. The van der Waals surface area contributed by atoms with E-state index < -0.39 is 45.0 Å². The van der Waals surface area contributed by atoms with Gasteiger partial charge in [0.05, 0.1) is 0 Å². The average molecular weight is 352 g/mol. The van der Waals surface area contributed by atoms with Crippen molar-refractivity contribution >= 4 is 26.5 Å². The van der Waals surface area contributed by atoms with Crippen LogP contribution in [0, 0.1) is 0 Å². The summed E-state index contributed by atoms with van der Waals surface area (Å²) in [4.78, 5) is 11.6. The van der Waals surface area contributed by atoms with E-state index in [0.717, 1.165) is 0 Å². The van der Waals surface area contributed by atoms with Gasteiger partial charge in [-0.2, -0.15) is 16.8 Å². The van der Waals surface area contributed by atoms with Crippen molar-refractivity contribution in [1.29, 1.82) is 0 Å². The number of benzene rings is 1. The van der Waals surface area contributed by atoms with Crippen LogP contribution in [-0.2, 0) is 29.3 Å². The van der Waals surface area contributed by atoms with Gasteiger partial charge in [-0.05, 0) is 12.1 Å². The van der Waals surface area contributed by atoms with Gasteiger partial charge in [0, 0.05) is 0 Å². The first-order valence-corrected chi connectivity index (χ1v) is 8.76. The van der Waals surface area contributed by atoms with E-state index in [1.807, 2.05) is 0 Å². The lowest BCUT2D eigenvalue weighted by molar-refractivity contribution is 0.0767. The molecule has 10 nitrogen and oxygen atoms in total. The van der Waals surface area contributed by atoms with E-state index in [1.165, 1.54) is 24.3 Å². The number of carbonyl (C=O) groups excluding carboxylic acids is 1. The number of nitrogens with two attached hydrogens (primary N) is 1. The fourth-order valence-electron chi connectivity index (χ4n) is 1.50. The molecule has 0 aromatic heterocycles. The molecule has 0 spiro atoms. The third-order valence-corrected chi connectivity index (χ3v) is 4.77. The SMILES string of the molecule is NN(C(=O)OC1COS(=O)(=O)C1)S(=O)(=O)Oc1ccccc1. The van der Waals surface area contributed by atoms with Gasteiger partial charge in [-0.3, -0.25) is 4.18 Å². The quantitative estimate of drug-likeness (QED) is 0.323. The number of carbonyl (C=O) groups is 1. The second-order valence-electron chi connectivity index (χ2n) is 4.16. The zero-order chi connectivity index (χ0) is 16.4. The topological polar surface area (TPSA) is 142 Å². The third-order valence-electron chi connectivity index (χ3n) is 2.46. The number of amides is 1. The molecule has 2 rings (SSSR count). The molecule has 1 saturated heterocycles. The molecule has 1 aromatic rings. The van der Waals surface area contributed by atoms with Crippen LogP contribution >= 0.6 is 0 Å². The van der Waals surface area contributed by atoms with Crippen LogP contribution in [0.3, 0.4) is 0 Å². The molecule has 0 radical (unpaired) electrons. The summed E-state index contributed by atoms with van der Waals surface area (Å²) < 4.78 is 59.0. The van der Waals surface area contributed by atoms with Crippen LogP contribution < -0.4 is 10.0 Å². The Labute approximate surface area is 126 Å². The lowest BCUT2D eigenvalue weighted by atomic mass is 10.3. The van der Waals surface area contributed by atoms with Crippen molar-refractivity contribution < 1.29 is 34.7 Å². The fourth-order valence-corrected chi connectivity index (χ4v) is 3.23. The smallest absolute Gasteiger partial charge is 0.441 e. The maximum absolute atomic E-state index is 11.8. The summed E-state index contributed by atoms with van der Waals surface area (Å²) in [6.07, 6.45) is -2.63. The summed E-state index contributed by atoms with van der Waals surface area (Å²) in [5, 5.41) is 0. The number of para-hydroxylation sites is 1. The largest absolute Gasteiger partial charge is 0.441 e. The zero-order valence-corrected chi connectivity index (χ0v) is 12.6. The Morgan fingerprint density at radius 1 is 1.32 bits per heavy atom. The van der Waals surface area contributed by atoms with Crippen molar-refractivity contribution in [1.82, 2.24) is 4.41 Å². The lowest BCUT2D eigenvalue weighted by Crippen LogP contribution is -2.46. The number of hydrogen-bond acceptors (Lipinski definition) is 9. The molecular weight excluding hydrogens is 340 g/mol. The van der Waals surface area contributed by atoms with Crippen LogP contribution in [0.15, 0.2) is 30.3 Å². The van der Waals surface area contributed by atoms with Crippen LogP contribution in [-0.4, -0.2) is 45.8 Å². The van der Waals surface area contributed by atoms with Crippen LogP contribution in [0.1, 0.15) is 0 Å². The first-order chi connectivity index (χ1) is 10.2. The Morgan fingerprint density at radius 2 is 1.95 bits per heavy atom. The van der Waals surface area contributed by atoms with E-state index in [-0.39, 0.29) is 10.2 Å². The number of hydrogen-bond donors (Lipinski definition) is 1. The molecule has 1 aromatic carbocycles. The molecule has 1 amide bonds. The maximum Gasteiger partial charge on any atom is 0.441 e. The van der Waals surface area contributed by atoms with E-state index in [4.69, 9.17) is 5.84 Å². The molecule has 1 fully saturated rings. The van der Waals surface area contributed by atoms with E-state index in [2.05, 4.69) is 13.1 Å².